The highest BCUT2D eigenvalue weighted by atomic mass is 32.1. The number of thiophene rings is 1. The van der Waals surface area contributed by atoms with Gasteiger partial charge in [-0.3, -0.25) is 9.59 Å². The zero-order chi connectivity index (χ0) is 22.2. The normalized spacial score (nSPS) is 13.2. The molecular formula is C24H19NO6S. The van der Waals surface area contributed by atoms with Crippen molar-refractivity contribution in [2.24, 2.45) is 0 Å². The summed E-state index contributed by atoms with van der Waals surface area (Å²) in [6.07, 6.45) is 1.80. The Balaban J connectivity index is 1.27. The van der Waals surface area contributed by atoms with E-state index >= 15 is 0 Å². The topological polar surface area (TPSA) is 90.9 Å². The Bertz CT molecular complexity index is 1260. The number of nitrogens with one attached hydrogen (secondary N) is 1. The monoisotopic (exact) mass is 449 g/mol. The summed E-state index contributed by atoms with van der Waals surface area (Å²) in [7, 11) is 0. The van der Waals surface area contributed by atoms with Crippen LogP contribution in [0.2, 0.25) is 0 Å². The Kier molecular flexibility index (Phi) is 5.14. The molecule has 0 radical (unpaired) electrons. The van der Waals surface area contributed by atoms with Gasteiger partial charge in [0, 0.05) is 16.5 Å². The molecule has 1 amide bonds. The molecule has 1 aromatic heterocycles. The summed E-state index contributed by atoms with van der Waals surface area (Å²) >= 11 is 1.38. The number of amides is 1. The van der Waals surface area contributed by atoms with Crippen molar-refractivity contribution in [3.63, 3.8) is 0 Å². The van der Waals surface area contributed by atoms with Gasteiger partial charge in [0.25, 0.3) is 5.91 Å². The van der Waals surface area contributed by atoms with Gasteiger partial charge in [-0.25, -0.2) is 4.79 Å². The molecule has 162 valence electrons. The molecular weight excluding hydrogens is 430 g/mol. The van der Waals surface area contributed by atoms with E-state index in [9.17, 15) is 14.4 Å². The average Bonchev–Trinajstić information content (AvgIpc) is 3.43. The summed E-state index contributed by atoms with van der Waals surface area (Å²) in [5, 5.41) is 2.62. The molecule has 3 aromatic rings. The molecule has 32 heavy (non-hydrogen) atoms. The number of ether oxygens (including phenoxy) is 3. The van der Waals surface area contributed by atoms with Crippen molar-refractivity contribution in [1.29, 1.82) is 0 Å². The minimum absolute atomic E-state index is 0.0525. The third-order valence-electron chi connectivity index (χ3n) is 5.44. The summed E-state index contributed by atoms with van der Waals surface area (Å²) in [5.74, 6) is -0.449. The van der Waals surface area contributed by atoms with Gasteiger partial charge in [0.2, 0.25) is 6.79 Å². The van der Waals surface area contributed by atoms with E-state index in [0.717, 1.165) is 28.8 Å². The van der Waals surface area contributed by atoms with E-state index in [1.807, 2.05) is 18.2 Å². The van der Waals surface area contributed by atoms with Crippen LogP contribution >= 0.6 is 11.3 Å². The molecule has 5 rings (SSSR count). The average molecular weight is 449 g/mol. The molecule has 0 saturated carbocycles. The van der Waals surface area contributed by atoms with E-state index < -0.39 is 18.5 Å². The second kappa shape index (κ2) is 8.12. The van der Waals surface area contributed by atoms with Crippen LogP contribution in [-0.2, 0) is 22.4 Å². The van der Waals surface area contributed by atoms with Gasteiger partial charge in [0.05, 0.1) is 5.69 Å². The molecule has 0 atom stereocenters. The second-order valence-electron chi connectivity index (χ2n) is 7.55. The van der Waals surface area contributed by atoms with Gasteiger partial charge in [-0.15, -0.1) is 11.3 Å². The lowest BCUT2D eigenvalue weighted by molar-refractivity contribution is -0.119. The molecule has 2 aliphatic rings. The van der Waals surface area contributed by atoms with E-state index in [2.05, 4.69) is 17.4 Å². The Labute approximate surface area is 187 Å². The lowest BCUT2D eigenvalue weighted by Crippen LogP contribution is -2.21. The molecule has 8 heteroatoms. The van der Waals surface area contributed by atoms with Crippen molar-refractivity contribution in [1.82, 2.24) is 0 Å². The van der Waals surface area contributed by atoms with Gasteiger partial charge in [-0.1, -0.05) is 24.3 Å². The summed E-state index contributed by atoms with van der Waals surface area (Å²) in [4.78, 5) is 38.5. The molecule has 0 saturated heterocycles. The fourth-order valence-electron chi connectivity index (χ4n) is 3.90. The van der Waals surface area contributed by atoms with Crippen molar-refractivity contribution in [2.45, 2.75) is 19.8 Å². The standard InChI is InChI=1S/C24H19NO6S/c1-13(26)17-9-19-20(31-12-30-19)10-18(17)25-22(27)11-29-24(28)21-8-15-7-6-14-4-2-3-5-16(14)23(15)32-21/h2-5,8-10H,6-7,11-12H2,1H3,(H,25,27). The highest BCUT2D eigenvalue weighted by molar-refractivity contribution is 7.17. The number of hydrogen-bond donors (Lipinski definition) is 1. The largest absolute Gasteiger partial charge is 0.454 e. The number of carbonyl (C=O) groups is 3. The number of benzene rings is 2. The lowest BCUT2D eigenvalue weighted by atomic mass is 9.91. The predicted molar refractivity (Wildman–Crippen MR) is 119 cm³/mol. The molecule has 1 aliphatic carbocycles. The Hall–Kier alpha value is -3.65. The van der Waals surface area contributed by atoms with Gasteiger partial charge in [0.15, 0.2) is 23.9 Å². The molecule has 2 aromatic carbocycles. The Morgan fingerprint density at radius 1 is 1.03 bits per heavy atom. The summed E-state index contributed by atoms with van der Waals surface area (Å²) in [6.45, 7) is 0.977. The van der Waals surface area contributed by atoms with Crippen LogP contribution in [0.25, 0.3) is 10.4 Å². The maximum absolute atomic E-state index is 12.6. The summed E-state index contributed by atoms with van der Waals surface area (Å²) in [5.41, 5.74) is 4.11. The minimum Gasteiger partial charge on any atom is -0.454 e. The molecule has 2 heterocycles. The maximum atomic E-state index is 12.6. The van der Waals surface area contributed by atoms with Gasteiger partial charge in [-0.2, -0.15) is 0 Å². The highest BCUT2D eigenvalue weighted by Gasteiger charge is 2.23. The smallest absolute Gasteiger partial charge is 0.348 e. The minimum atomic E-state index is -0.550. The van der Waals surface area contributed by atoms with Crippen molar-refractivity contribution < 1.29 is 28.6 Å². The third kappa shape index (κ3) is 3.73. The SMILES string of the molecule is CC(=O)c1cc2c(cc1NC(=O)COC(=O)c1cc3c(s1)-c1ccccc1CC3)OCO2. The first-order valence-corrected chi connectivity index (χ1v) is 10.9. The van der Waals surface area contributed by atoms with Gasteiger partial charge in [0.1, 0.15) is 4.88 Å². The van der Waals surface area contributed by atoms with Crippen molar-refractivity contribution in [2.75, 3.05) is 18.7 Å². The number of aryl methyl sites for hydroxylation is 2. The third-order valence-corrected chi connectivity index (χ3v) is 6.63. The fraction of sp³-hybridized carbons (Fsp3) is 0.208. The number of fused-ring (bicyclic) bond motifs is 4. The first-order chi connectivity index (χ1) is 15.5. The van der Waals surface area contributed by atoms with E-state index in [0.29, 0.717) is 21.9 Å². The van der Waals surface area contributed by atoms with Crippen LogP contribution in [0.3, 0.4) is 0 Å². The zero-order valence-corrected chi connectivity index (χ0v) is 18.0. The van der Waals surface area contributed by atoms with Crippen LogP contribution in [0.4, 0.5) is 5.69 Å². The molecule has 7 nitrogen and oxygen atoms in total. The molecule has 0 spiro atoms. The van der Waals surface area contributed by atoms with Crippen molar-refractivity contribution in [3.05, 3.63) is 64.0 Å². The molecule has 0 fully saturated rings. The molecule has 0 bridgehead atoms. The van der Waals surface area contributed by atoms with Gasteiger partial charge >= 0.3 is 5.97 Å². The first kappa shape index (κ1) is 20.3. The van der Waals surface area contributed by atoms with Crippen molar-refractivity contribution >= 4 is 34.7 Å². The predicted octanol–water partition coefficient (Wildman–Crippen LogP) is 4.24. The van der Waals surface area contributed by atoms with Crippen molar-refractivity contribution in [3.8, 4) is 21.9 Å². The zero-order valence-electron chi connectivity index (χ0n) is 17.2. The van der Waals surface area contributed by atoms with Crippen LogP contribution < -0.4 is 14.8 Å². The van der Waals surface area contributed by atoms with Gasteiger partial charge < -0.3 is 19.5 Å². The lowest BCUT2D eigenvalue weighted by Gasteiger charge is -2.15. The number of rotatable bonds is 5. The number of ketones is 1. The fourth-order valence-corrected chi connectivity index (χ4v) is 5.06. The van der Waals surface area contributed by atoms with Gasteiger partial charge in [-0.05, 0) is 48.6 Å². The van der Waals surface area contributed by atoms with E-state index in [1.54, 1.807) is 0 Å². The van der Waals surface area contributed by atoms with E-state index in [4.69, 9.17) is 14.2 Å². The van der Waals surface area contributed by atoms with Crippen LogP contribution in [-0.4, -0.2) is 31.1 Å². The quantitative estimate of drug-likeness (QED) is 0.463. The van der Waals surface area contributed by atoms with E-state index in [1.165, 1.54) is 36.0 Å². The number of esters is 1. The summed E-state index contributed by atoms with van der Waals surface area (Å²) in [6, 6.07) is 13.1. The molecule has 0 unspecified atom stereocenters. The van der Waals surface area contributed by atoms with E-state index in [-0.39, 0.29) is 18.3 Å². The van der Waals surface area contributed by atoms with Crippen LogP contribution in [0.5, 0.6) is 11.5 Å². The van der Waals surface area contributed by atoms with Crippen LogP contribution in [0.1, 0.15) is 38.1 Å². The Morgan fingerprint density at radius 2 is 1.78 bits per heavy atom. The highest BCUT2D eigenvalue weighted by Crippen LogP contribution is 2.40. The second-order valence-corrected chi connectivity index (χ2v) is 8.61. The summed E-state index contributed by atoms with van der Waals surface area (Å²) < 4.78 is 15.8. The number of anilines is 1. The molecule has 1 N–H and O–H groups in total. The molecule has 1 aliphatic heterocycles. The Morgan fingerprint density at radius 3 is 2.59 bits per heavy atom. The number of Topliss-reactive ketones (excluding diaryl/α,β-unsaturated/α-hetero) is 1. The van der Waals surface area contributed by atoms with Crippen LogP contribution in [0.15, 0.2) is 42.5 Å². The maximum Gasteiger partial charge on any atom is 0.348 e. The number of carbonyl (C=O) groups excluding carboxylic acids is 3. The first-order valence-electron chi connectivity index (χ1n) is 10.1. The number of hydrogen-bond acceptors (Lipinski definition) is 7. The van der Waals surface area contributed by atoms with Crippen LogP contribution in [0, 0.1) is 0 Å².